The fraction of sp³-hybridized carbons (Fsp3) is 0.250. The number of benzene rings is 3. The Morgan fingerprint density at radius 2 is 1.22 bits per heavy atom. The van der Waals surface area contributed by atoms with Gasteiger partial charge in [-0.15, -0.1) is 0 Å². The molecule has 0 atom stereocenters. The van der Waals surface area contributed by atoms with Crippen LogP contribution in [0.5, 0.6) is 0 Å². The van der Waals surface area contributed by atoms with Crippen LogP contribution >= 0.6 is 0 Å². The number of unbranched alkanes of at least 4 members (excludes halogenated alkanes) is 1. The Morgan fingerprint density at radius 1 is 0.784 bits per heavy atom. The van der Waals surface area contributed by atoms with E-state index in [-0.39, 0.29) is 6.42 Å². The lowest BCUT2D eigenvalue weighted by Crippen LogP contribution is -2.33. The number of rotatable bonds is 13. The molecule has 0 aromatic heterocycles. The van der Waals surface area contributed by atoms with E-state index >= 15 is 0 Å². The number of carbonyl (C=O) groups is 2. The standard InChI is InChI=1S/C32H34O5/c1-25(24-29(30(33)35-2)31(34)36-3)16-8-7-15-23-37-32(26-17-9-4-10-18-26,27-19-11-5-12-20-27)28-21-13-6-14-22-28/h4-6,8-14,16-22,29H,1,7,15,23-24H2,2-3H3/b16-8+. The quantitative estimate of drug-likeness (QED) is 0.0918. The van der Waals surface area contributed by atoms with E-state index in [0.717, 1.165) is 29.5 Å². The largest absolute Gasteiger partial charge is 0.468 e. The Bertz CT molecular complexity index is 1060. The number of carbonyl (C=O) groups excluding carboxylic acids is 2. The third-order valence-electron chi connectivity index (χ3n) is 6.17. The normalized spacial score (nSPS) is 11.4. The summed E-state index contributed by atoms with van der Waals surface area (Å²) in [5.74, 6) is -2.28. The van der Waals surface area contributed by atoms with Gasteiger partial charge in [-0.25, -0.2) is 0 Å². The lowest BCUT2D eigenvalue weighted by molar-refractivity contribution is -0.158. The number of hydrogen-bond acceptors (Lipinski definition) is 5. The molecule has 0 saturated carbocycles. The molecular formula is C32H34O5. The first kappa shape index (κ1) is 27.6. The van der Waals surface area contributed by atoms with Gasteiger partial charge in [0.25, 0.3) is 0 Å². The Balaban J connectivity index is 1.72. The number of esters is 2. The average molecular weight is 499 g/mol. The van der Waals surface area contributed by atoms with Crippen LogP contribution in [-0.4, -0.2) is 32.8 Å². The highest BCUT2D eigenvalue weighted by atomic mass is 16.5. The maximum Gasteiger partial charge on any atom is 0.320 e. The Hall–Kier alpha value is -3.96. The van der Waals surface area contributed by atoms with Gasteiger partial charge in [0.1, 0.15) is 5.60 Å². The van der Waals surface area contributed by atoms with Crippen LogP contribution in [0.25, 0.3) is 0 Å². The Kier molecular flexibility index (Phi) is 10.4. The van der Waals surface area contributed by atoms with Crippen molar-refractivity contribution in [2.45, 2.75) is 24.9 Å². The van der Waals surface area contributed by atoms with Crippen molar-refractivity contribution in [1.82, 2.24) is 0 Å². The highest BCUT2D eigenvalue weighted by Gasteiger charge is 2.37. The maximum absolute atomic E-state index is 11.9. The molecule has 0 heterocycles. The van der Waals surface area contributed by atoms with Crippen LogP contribution in [0.15, 0.2) is 115 Å². The summed E-state index contributed by atoms with van der Waals surface area (Å²) >= 11 is 0. The zero-order valence-electron chi connectivity index (χ0n) is 21.5. The first-order valence-electron chi connectivity index (χ1n) is 12.3. The van der Waals surface area contributed by atoms with E-state index in [9.17, 15) is 9.59 Å². The molecule has 3 aromatic carbocycles. The van der Waals surface area contributed by atoms with Gasteiger partial charge in [0, 0.05) is 6.61 Å². The van der Waals surface area contributed by atoms with Gasteiger partial charge in [-0.05, 0) is 36.0 Å². The zero-order chi connectivity index (χ0) is 26.5. The summed E-state index contributed by atoms with van der Waals surface area (Å²) in [6.07, 6.45) is 5.47. The molecule has 3 rings (SSSR count). The molecule has 0 N–H and O–H groups in total. The fourth-order valence-electron chi connectivity index (χ4n) is 4.32. The highest BCUT2D eigenvalue weighted by molar-refractivity contribution is 5.95. The second-order valence-electron chi connectivity index (χ2n) is 8.63. The minimum atomic E-state index is -1.02. The minimum absolute atomic E-state index is 0.144. The molecule has 37 heavy (non-hydrogen) atoms. The first-order chi connectivity index (χ1) is 18.0. The van der Waals surface area contributed by atoms with Gasteiger partial charge in [-0.1, -0.05) is 115 Å². The predicted molar refractivity (Wildman–Crippen MR) is 145 cm³/mol. The van der Waals surface area contributed by atoms with Crippen molar-refractivity contribution in [2.75, 3.05) is 20.8 Å². The lowest BCUT2D eigenvalue weighted by atomic mass is 9.80. The van der Waals surface area contributed by atoms with Gasteiger partial charge in [-0.2, -0.15) is 0 Å². The summed E-state index contributed by atoms with van der Waals surface area (Å²) in [6.45, 7) is 4.49. The first-order valence-corrected chi connectivity index (χ1v) is 12.3. The lowest BCUT2D eigenvalue weighted by Gasteiger charge is -2.36. The summed E-state index contributed by atoms with van der Waals surface area (Å²) in [5.41, 5.74) is 3.09. The second kappa shape index (κ2) is 14.0. The van der Waals surface area contributed by atoms with Crippen molar-refractivity contribution in [3.05, 3.63) is 132 Å². The van der Waals surface area contributed by atoms with Gasteiger partial charge in [-0.3, -0.25) is 9.59 Å². The van der Waals surface area contributed by atoms with E-state index in [1.54, 1.807) is 0 Å². The van der Waals surface area contributed by atoms with Gasteiger partial charge in [0.2, 0.25) is 0 Å². The molecule has 0 aliphatic heterocycles. The molecule has 0 aliphatic carbocycles. The van der Waals surface area contributed by atoms with Crippen molar-refractivity contribution in [3.63, 3.8) is 0 Å². The molecular weight excluding hydrogens is 464 g/mol. The number of hydrogen-bond donors (Lipinski definition) is 0. The molecule has 3 aromatic rings. The van der Waals surface area contributed by atoms with E-state index in [1.165, 1.54) is 14.2 Å². The minimum Gasteiger partial charge on any atom is -0.468 e. The highest BCUT2D eigenvalue weighted by Crippen LogP contribution is 2.40. The van der Waals surface area contributed by atoms with Crippen LogP contribution in [0.3, 0.4) is 0 Å². The smallest absolute Gasteiger partial charge is 0.320 e. The van der Waals surface area contributed by atoms with Gasteiger partial charge >= 0.3 is 11.9 Å². The van der Waals surface area contributed by atoms with Crippen molar-refractivity contribution in [3.8, 4) is 0 Å². The molecule has 0 amide bonds. The SMILES string of the molecule is C=C(/C=C/CCCOC(c1ccccc1)(c1ccccc1)c1ccccc1)CC(C(=O)OC)C(=O)OC. The summed E-state index contributed by atoms with van der Waals surface area (Å²) < 4.78 is 16.2. The van der Waals surface area contributed by atoms with E-state index < -0.39 is 23.5 Å². The van der Waals surface area contributed by atoms with Crippen LogP contribution < -0.4 is 0 Å². The van der Waals surface area contributed by atoms with E-state index in [0.29, 0.717) is 12.2 Å². The molecule has 0 bridgehead atoms. The topological polar surface area (TPSA) is 61.8 Å². The van der Waals surface area contributed by atoms with Crippen molar-refractivity contribution >= 4 is 11.9 Å². The molecule has 0 unspecified atom stereocenters. The second-order valence-corrected chi connectivity index (χ2v) is 8.63. The van der Waals surface area contributed by atoms with E-state index in [4.69, 9.17) is 14.2 Å². The summed E-state index contributed by atoms with van der Waals surface area (Å²) in [4.78, 5) is 23.8. The van der Waals surface area contributed by atoms with E-state index in [1.807, 2.05) is 66.7 Å². The molecule has 0 spiro atoms. The van der Waals surface area contributed by atoms with Gasteiger partial charge in [0.05, 0.1) is 14.2 Å². The number of methoxy groups -OCH3 is 2. The van der Waals surface area contributed by atoms with Crippen LogP contribution in [0.4, 0.5) is 0 Å². The molecule has 0 fully saturated rings. The Morgan fingerprint density at radius 3 is 1.62 bits per heavy atom. The van der Waals surface area contributed by atoms with Crippen LogP contribution in [0.2, 0.25) is 0 Å². The average Bonchev–Trinajstić information content (AvgIpc) is 2.96. The molecule has 5 nitrogen and oxygen atoms in total. The fourth-order valence-corrected chi connectivity index (χ4v) is 4.32. The monoisotopic (exact) mass is 498 g/mol. The van der Waals surface area contributed by atoms with Crippen LogP contribution in [0, 0.1) is 5.92 Å². The van der Waals surface area contributed by atoms with Crippen molar-refractivity contribution < 1.29 is 23.8 Å². The van der Waals surface area contributed by atoms with Crippen molar-refractivity contribution in [1.29, 1.82) is 0 Å². The van der Waals surface area contributed by atoms with Gasteiger partial charge in [0.15, 0.2) is 5.92 Å². The summed E-state index contributed by atoms with van der Waals surface area (Å²) in [6, 6.07) is 30.8. The Labute approximate surface area is 219 Å². The van der Waals surface area contributed by atoms with Crippen LogP contribution in [0.1, 0.15) is 36.0 Å². The third-order valence-corrected chi connectivity index (χ3v) is 6.17. The molecule has 5 heteroatoms. The molecule has 0 saturated heterocycles. The number of ether oxygens (including phenoxy) is 3. The predicted octanol–water partition coefficient (Wildman–Crippen LogP) is 6.24. The molecule has 0 radical (unpaired) electrons. The zero-order valence-corrected chi connectivity index (χ0v) is 21.5. The maximum atomic E-state index is 11.9. The van der Waals surface area contributed by atoms with Crippen molar-refractivity contribution in [2.24, 2.45) is 5.92 Å². The molecule has 192 valence electrons. The van der Waals surface area contributed by atoms with Gasteiger partial charge < -0.3 is 14.2 Å². The summed E-state index contributed by atoms with van der Waals surface area (Å²) in [5, 5.41) is 0. The molecule has 0 aliphatic rings. The summed E-state index contributed by atoms with van der Waals surface area (Å²) in [7, 11) is 2.49. The third kappa shape index (κ3) is 7.05. The van der Waals surface area contributed by atoms with E-state index in [2.05, 4.69) is 43.0 Å². The number of allylic oxidation sites excluding steroid dienone is 3. The van der Waals surface area contributed by atoms with Crippen LogP contribution in [-0.2, 0) is 29.4 Å².